The summed E-state index contributed by atoms with van der Waals surface area (Å²) in [4.78, 5) is 12.2. The highest BCUT2D eigenvalue weighted by Gasteiger charge is 2.44. The Labute approximate surface area is 144 Å². The topological polar surface area (TPSA) is 149 Å². The molecule has 4 unspecified atom stereocenters. The third-order valence-electron chi connectivity index (χ3n) is 4.30. The quantitative estimate of drug-likeness (QED) is 0.234. The minimum Gasteiger partial charge on any atom is -0.394 e. The second kappa shape index (κ2) is 9.01. The summed E-state index contributed by atoms with van der Waals surface area (Å²) >= 11 is 0. The standard InChI is InChI=1S/C15H25NO9/c1-2-3-16(7-18)15-14(22)13(21)10(6-23-15)25-11-4-8(19)12(20)9(5-17)24-11/h2,7-15,17,19-22H,1,3-6H2/t8-,9?,10?,11+,12+,13?,14?,15-/m1/s1. The largest absolute Gasteiger partial charge is 0.394 e. The predicted molar refractivity (Wildman–Crippen MR) is 82.0 cm³/mol. The van der Waals surface area contributed by atoms with Crippen LogP contribution in [0.3, 0.4) is 0 Å². The van der Waals surface area contributed by atoms with Crippen molar-refractivity contribution in [2.75, 3.05) is 19.8 Å². The number of hydrogen-bond donors (Lipinski definition) is 5. The minimum absolute atomic E-state index is 0.0721. The van der Waals surface area contributed by atoms with E-state index in [0.717, 1.165) is 4.90 Å². The molecule has 10 nitrogen and oxygen atoms in total. The van der Waals surface area contributed by atoms with Crippen LogP contribution in [0.4, 0.5) is 0 Å². The molecule has 5 N–H and O–H groups in total. The Morgan fingerprint density at radius 3 is 2.52 bits per heavy atom. The van der Waals surface area contributed by atoms with Gasteiger partial charge in [0, 0.05) is 13.0 Å². The number of ether oxygens (including phenoxy) is 3. The highest BCUT2D eigenvalue weighted by molar-refractivity contribution is 5.48. The van der Waals surface area contributed by atoms with Gasteiger partial charge in [0.25, 0.3) is 0 Å². The van der Waals surface area contributed by atoms with Gasteiger partial charge in [0.2, 0.25) is 6.41 Å². The highest BCUT2D eigenvalue weighted by atomic mass is 16.7. The number of carbonyl (C=O) groups is 1. The fourth-order valence-corrected chi connectivity index (χ4v) is 2.90. The molecule has 2 aliphatic rings. The Kier molecular flexibility index (Phi) is 7.28. The van der Waals surface area contributed by atoms with Crippen LogP contribution in [0.5, 0.6) is 0 Å². The van der Waals surface area contributed by atoms with Crippen LogP contribution in [0, 0.1) is 0 Å². The van der Waals surface area contributed by atoms with Crippen molar-refractivity contribution in [3.8, 4) is 0 Å². The Hall–Kier alpha value is -1.11. The van der Waals surface area contributed by atoms with Crippen molar-refractivity contribution in [2.24, 2.45) is 0 Å². The first-order chi connectivity index (χ1) is 11.9. The van der Waals surface area contributed by atoms with Crippen LogP contribution in [0.25, 0.3) is 0 Å². The third-order valence-corrected chi connectivity index (χ3v) is 4.30. The van der Waals surface area contributed by atoms with Crippen LogP contribution in [-0.2, 0) is 19.0 Å². The molecule has 1 amide bonds. The summed E-state index contributed by atoms with van der Waals surface area (Å²) in [5.41, 5.74) is 0. The van der Waals surface area contributed by atoms with Gasteiger partial charge in [-0.2, -0.15) is 0 Å². The van der Waals surface area contributed by atoms with Crippen molar-refractivity contribution in [3.63, 3.8) is 0 Å². The van der Waals surface area contributed by atoms with E-state index < -0.39 is 55.7 Å². The predicted octanol–water partition coefficient (Wildman–Crippen LogP) is -3.08. The first-order valence-corrected chi connectivity index (χ1v) is 8.00. The van der Waals surface area contributed by atoms with Gasteiger partial charge in [-0.25, -0.2) is 0 Å². The van der Waals surface area contributed by atoms with Crippen LogP contribution in [-0.4, -0.2) is 106 Å². The molecule has 0 aliphatic carbocycles. The maximum absolute atomic E-state index is 11.1. The lowest BCUT2D eigenvalue weighted by atomic mass is 10.0. The van der Waals surface area contributed by atoms with Crippen molar-refractivity contribution in [3.05, 3.63) is 12.7 Å². The minimum atomic E-state index is -1.42. The fourth-order valence-electron chi connectivity index (χ4n) is 2.90. The number of aliphatic hydroxyl groups is 5. The molecular formula is C15H25NO9. The number of aliphatic hydroxyl groups excluding tert-OH is 5. The molecule has 2 aliphatic heterocycles. The van der Waals surface area contributed by atoms with E-state index >= 15 is 0 Å². The first kappa shape index (κ1) is 20.2. The van der Waals surface area contributed by atoms with Crippen LogP contribution in [0.2, 0.25) is 0 Å². The van der Waals surface area contributed by atoms with E-state index in [4.69, 9.17) is 19.3 Å². The van der Waals surface area contributed by atoms with E-state index in [1.807, 2.05) is 0 Å². The number of hydrogen-bond acceptors (Lipinski definition) is 9. The molecule has 0 spiro atoms. The van der Waals surface area contributed by atoms with Gasteiger partial charge >= 0.3 is 0 Å². The van der Waals surface area contributed by atoms with Gasteiger partial charge in [-0.15, -0.1) is 6.58 Å². The monoisotopic (exact) mass is 363 g/mol. The molecule has 25 heavy (non-hydrogen) atoms. The summed E-state index contributed by atoms with van der Waals surface area (Å²) in [6.07, 6.45) is -7.37. The molecule has 0 aromatic carbocycles. The lowest BCUT2D eigenvalue weighted by Crippen LogP contribution is -2.60. The molecule has 0 bridgehead atoms. The molecule has 8 atom stereocenters. The summed E-state index contributed by atoms with van der Waals surface area (Å²) in [6, 6.07) is 0. The zero-order chi connectivity index (χ0) is 18.6. The molecule has 0 saturated carbocycles. The van der Waals surface area contributed by atoms with Gasteiger partial charge < -0.3 is 44.6 Å². The highest BCUT2D eigenvalue weighted by Crippen LogP contribution is 2.26. The Morgan fingerprint density at radius 2 is 1.92 bits per heavy atom. The summed E-state index contributed by atoms with van der Waals surface area (Å²) in [6.45, 7) is 2.99. The maximum atomic E-state index is 11.1. The Bertz CT molecular complexity index is 451. The maximum Gasteiger partial charge on any atom is 0.212 e. The molecule has 2 rings (SSSR count). The third kappa shape index (κ3) is 4.54. The van der Waals surface area contributed by atoms with Crippen molar-refractivity contribution in [2.45, 2.75) is 55.6 Å². The van der Waals surface area contributed by atoms with Crippen LogP contribution < -0.4 is 0 Å². The first-order valence-electron chi connectivity index (χ1n) is 8.00. The molecule has 10 heteroatoms. The van der Waals surface area contributed by atoms with Gasteiger partial charge in [0.05, 0.1) is 19.3 Å². The van der Waals surface area contributed by atoms with Gasteiger partial charge in [0.1, 0.15) is 30.5 Å². The molecule has 0 radical (unpaired) electrons. The second-order valence-electron chi connectivity index (χ2n) is 6.05. The molecule has 2 fully saturated rings. The van der Waals surface area contributed by atoms with Crippen molar-refractivity contribution >= 4 is 6.41 Å². The van der Waals surface area contributed by atoms with Gasteiger partial charge in [-0.3, -0.25) is 4.79 Å². The number of carbonyl (C=O) groups excluding carboxylic acids is 1. The van der Waals surface area contributed by atoms with Crippen molar-refractivity contribution in [1.29, 1.82) is 0 Å². The zero-order valence-corrected chi connectivity index (χ0v) is 13.6. The second-order valence-corrected chi connectivity index (χ2v) is 6.05. The van der Waals surface area contributed by atoms with Crippen LogP contribution in [0.15, 0.2) is 12.7 Å². The summed E-state index contributed by atoms with van der Waals surface area (Å²) in [5, 5.41) is 49.1. The van der Waals surface area contributed by atoms with E-state index in [9.17, 15) is 25.2 Å². The number of rotatable bonds is 7. The van der Waals surface area contributed by atoms with Gasteiger partial charge in [0.15, 0.2) is 12.5 Å². The lowest BCUT2D eigenvalue weighted by Gasteiger charge is -2.43. The normalized spacial score (nSPS) is 42.0. The van der Waals surface area contributed by atoms with Gasteiger partial charge in [-0.1, -0.05) is 6.08 Å². The fraction of sp³-hybridized carbons (Fsp3) is 0.800. The molecular weight excluding hydrogens is 338 g/mol. The summed E-state index contributed by atoms with van der Waals surface area (Å²) in [7, 11) is 0. The zero-order valence-electron chi connectivity index (χ0n) is 13.6. The molecule has 0 aromatic heterocycles. The summed E-state index contributed by atoms with van der Waals surface area (Å²) < 4.78 is 16.3. The van der Waals surface area contributed by atoms with Crippen LogP contribution in [0.1, 0.15) is 6.42 Å². The average Bonchev–Trinajstić information content (AvgIpc) is 2.60. The molecule has 2 saturated heterocycles. The van der Waals surface area contributed by atoms with E-state index in [-0.39, 0.29) is 19.6 Å². The Morgan fingerprint density at radius 1 is 1.20 bits per heavy atom. The van der Waals surface area contributed by atoms with Crippen molar-refractivity contribution < 1.29 is 44.5 Å². The number of nitrogens with zero attached hydrogens (tertiary/aromatic N) is 1. The number of amides is 1. The summed E-state index contributed by atoms with van der Waals surface area (Å²) in [5.74, 6) is 0. The average molecular weight is 363 g/mol. The van der Waals surface area contributed by atoms with Crippen molar-refractivity contribution in [1.82, 2.24) is 4.90 Å². The molecule has 0 aromatic rings. The van der Waals surface area contributed by atoms with Crippen LogP contribution >= 0.6 is 0 Å². The van der Waals surface area contributed by atoms with E-state index in [1.165, 1.54) is 6.08 Å². The SMILES string of the molecule is C=CCN(C=O)[C@@H]1OCC(O[C@H]2C[C@@H](O)[C@H](O)C(CO)O2)C(O)C1O. The molecule has 144 valence electrons. The Balaban J connectivity index is 1.96. The molecule has 2 heterocycles. The van der Waals surface area contributed by atoms with E-state index in [2.05, 4.69) is 6.58 Å². The van der Waals surface area contributed by atoms with E-state index in [0.29, 0.717) is 6.41 Å². The van der Waals surface area contributed by atoms with E-state index in [1.54, 1.807) is 0 Å². The smallest absolute Gasteiger partial charge is 0.212 e. The lowest BCUT2D eigenvalue weighted by molar-refractivity contribution is -0.306. The van der Waals surface area contributed by atoms with Gasteiger partial charge in [-0.05, 0) is 0 Å².